The number of aromatic nitrogens is 3. The molecule has 1 saturated carbocycles. The molecule has 1 aliphatic rings. The molecule has 2 aromatic rings. The number of nitrogens with one attached hydrogen (secondary N) is 1. The highest BCUT2D eigenvalue weighted by Gasteiger charge is 2.21. The molecule has 2 heterocycles. The minimum Gasteiger partial charge on any atom is -0.366 e. The van der Waals surface area contributed by atoms with Gasteiger partial charge in [-0.2, -0.15) is 0 Å². The van der Waals surface area contributed by atoms with Crippen molar-refractivity contribution in [3.63, 3.8) is 0 Å². The maximum atomic E-state index is 6.44. The molecule has 1 aliphatic carbocycles. The van der Waals surface area contributed by atoms with Crippen molar-refractivity contribution in [2.24, 2.45) is 0 Å². The summed E-state index contributed by atoms with van der Waals surface area (Å²) >= 11 is 6.44. The van der Waals surface area contributed by atoms with E-state index in [4.69, 9.17) is 11.6 Å². The van der Waals surface area contributed by atoms with Crippen molar-refractivity contribution in [3.05, 3.63) is 24.5 Å². The van der Waals surface area contributed by atoms with E-state index in [2.05, 4.69) is 20.3 Å². The van der Waals surface area contributed by atoms with Crippen LogP contribution in [0.2, 0.25) is 0 Å². The van der Waals surface area contributed by atoms with Crippen LogP contribution in [0, 0.1) is 0 Å². The van der Waals surface area contributed by atoms with Crippen molar-refractivity contribution in [3.8, 4) is 0 Å². The molecule has 2 aromatic heterocycles. The van der Waals surface area contributed by atoms with Gasteiger partial charge >= 0.3 is 0 Å². The van der Waals surface area contributed by atoms with Crippen LogP contribution in [0.15, 0.2) is 24.5 Å². The highest BCUT2D eigenvalue weighted by atomic mass is 35.5. The maximum absolute atomic E-state index is 6.44. The van der Waals surface area contributed by atoms with E-state index in [-0.39, 0.29) is 5.38 Å². The van der Waals surface area contributed by atoms with Gasteiger partial charge in [0.05, 0.1) is 5.38 Å². The fraction of sp³-hybridized carbons (Fsp3) is 0.500. The molecule has 0 radical (unpaired) electrons. The molecule has 100 valence electrons. The number of hydrogen-bond acceptors (Lipinski definition) is 4. The predicted molar refractivity (Wildman–Crippen MR) is 77.5 cm³/mol. The highest BCUT2D eigenvalue weighted by molar-refractivity contribution is 6.21. The third-order valence-electron chi connectivity index (χ3n) is 3.60. The third kappa shape index (κ3) is 2.95. The number of anilines is 1. The second-order valence-electron chi connectivity index (χ2n) is 5.00. The summed E-state index contributed by atoms with van der Waals surface area (Å²) in [5.41, 5.74) is 1.49. The van der Waals surface area contributed by atoms with Crippen LogP contribution < -0.4 is 5.32 Å². The molecular weight excluding hydrogens is 260 g/mol. The first-order valence-corrected chi connectivity index (χ1v) is 7.25. The largest absolute Gasteiger partial charge is 0.366 e. The Hall–Kier alpha value is -1.42. The van der Waals surface area contributed by atoms with Gasteiger partial charge in [-0.25, -0.2) is 9.97 Å². The van der Waals surface area contributed by atoms with E-state index in [1.165, 1.54) is 19.3 Å². The molecule has 0 aliphatic heterocycles. The molecule has 0 spiro atoms. The lowest BCUT2D eigenvalue weighted by Gasteiger charge is -2.21. The third-order valence-corrected chi connectivity index (χ3v) is 4.12. The predicted octanol–water partition coefficient (Wildman–Crippen LogP) is 3.38. The molecule has 4 nitrogen and oxygen atoms in total. The summed E-state index contributed by atoms with van der Waals surface area (Å²) in [6.07, 6.45) is 9.25. The second kappa shape index (κ2) is 5.70. The molecule has 0 bridgehead atoms. The molecule has 0 amide bonds. The van der Waals surface area contributed by atoms with Gasteiger partial charge in [0.15, 0.2) is 5.65 Å². The molecule has 2 unspecified atom stereocenters. The van der Waals surface area contributed by atoms with Gasteiger partial charge in [-0.3, -0.25) is 4.98 Å². The van der Waals surface area contributed by atoms with Crippen LogP contribution in [0.4, 0.5) is 5.82 Å². The van der Waals surface area contributed by atoms with Gasteiger partial charge in [0, 0.05) is 18.4 Å². The molecule has 0 aromatic carbocycles. The summed E-state index contributed by atoms with van der Waals surface area (Å²) in [4.78, 5) is 12.9. The lowest BCUT2D eigenvalue weighted by molar-refractivity contribution is 0.625. The van der Waals surface area contributed by atoms with E-state index >= 15 is 0 Å². The Labute approximate surface area is 117 Å². The highest BCUT2D eigenvalue weighted by Crippen LogP contribution is 2.25. The average Bonchev–Trinajstić information content (AvgIpc) is 2.64. The fourth-order valence-corrected chi connectivity index (χ4v) is 2.89. The summed E-state index contributed by atoms with van der Waals surface area (Å²) in [6, 6.07) is 4.19. The van der Waals surface area contributed by atoms with Gasteiger partial charge in [-0.05, 0) is 25.0 Å². The zero-order valence-corrected chi connectivity index (χ0v) is 11.5. The standard InChI is InChI=1S/C14H17ClN4/c15-10-4-2-1-3-5-11(10)18-13-7-6-12-14(19-13)17-9-8-16-12/h6-11H,1-5H2,(H,17,18,19). The first-order valence-electron chi connectivity index (χ1n) is 6.81. The number of rotatable bonds is 2. The smallest absolute Gasteiger partial charge is 0.180 e. The number of pyridine rings is 1. The van der Waals surface area contributed by atoms with Gasteiger partial charge in [0.1, 0.15) is 11.3 Å². The van der Waals surface area contributed by atoms with E-state index in [1.54, 1.807) is 12.4 Å². The Kier molecular flexibility index (Phi) is 3.78. The monoisotopic (exact) mass is 276 g/mol. The lowest BCUT2D eigenvalue weighted by atomic mass is 10.1. The number of halogens is 1. The summed E-state index contributed by atoms with van der Waals surface area (Å²) in [5.74, 6) is 0.838. The average molecular weight is 277 g/mol. The molecule has 19 heavy (non-hydrogen) atoms. The second-order valence-corrected chi connectivity index (χ2v) is 5.56. The molecule has 3 rings (SSSR count). The molecule has 1 N–H and O–H groups in total. The molecular formula is C14H17ClN4. The van der Waals surface area contributed by atoms with Crippen LogP contribution in [0.1, 0.15) is 32.1 Å². The van der Waals surface area contributed by atoms with Crippen LogP contribution in [0.5, 0.6) is 0 Å². The minimum absolute atomic E-state index is 0.182. The van der Waals surface area contributed by atoms with Crippen LogP contribution in [-0.4, -0.2) is 26.4 Å². The summed E-state index contributed by atoms with van der Waals surface area (Å²) < 4.78 is 0. The van der Waals surface area contributed by atoms with Gasteiger partial charge in [-0.15, -0.1) is 11.6 Å². The first-order chi connectivity index (χ1) is 9.33. The number of nitrogens with zero attached hydrogens (tertiary/aromatic N) is 3. The van der Waals surface area contributed by atoms with Crippen molar-refractivity contribution in [1.29, 1.82) is 0 Å². The van der Waals surface area contributed by atoms with E-state index in [9.17, 15) is 0 Å². The zero-order valence-electron chi connectivity index (χ0n) is 10.7. The van der Waals surface area contributed by atoms with E-state index in [0.717, 1.165) is 24.2 Å². The minimum atomic E-state index is 0.182. The number of hydrogen-bond donors (Lipinski definition) is 1. The Morgan fingerprint density at radius 3 is 2.84 bits per heavy atom. The van der Waals surface area contributed by atoms with Crippen LogP contribution >= 0.6 is 11.6 Å². The van der Waals surface area contributed by atoms with Crippen molar-refractivity contribution in [1.82, 2.24) is 15.0 Å². The summed E-state index contributed by atoms with van der Waals surface area (Å²) in [5, 5.41) is 3.63. The Bertz CT molecular complexity index is 560. The topological polar surface area (TPSA) is 50.7 Å². The maximum Gasteiger partial charge on any atom is 0.180 e. The first kappa shape index (κ1) is 12.6. The van der Waals surface area contributed by atoms with E-state index < -0.39 is 0 Å². The van der Waals surface area contributed by atoms with Crippen LogP contribution in [-0.2, 0) is 0 Å². The normalized spacial score (nSPS) is 24.1. The Morgan fingerprint density at radius 2 is 1.89 bits per heavy atom. The zero-order chi connectivity index (χ0) is 13.1. The van der Waals surface area contributed by atoms with Gasteiger partial charge in [-0.1, -0.05) is 19.3 Å². The SMILES string of the molecule is ClC1CCCCCC1Nc1ccc2nccnc2n1. The van der Waals surface area contributed by atoms with Gasteiger partial charge in [0.25, 0.3) is 0 Å². The Balaban J connectivity index is 1.80. The summed E-state index contributed by atoms with van der Waals surface area (Å²) in [6.45, 7) is 0. The van der Waals surface area contributed by atoms with Crippen LogP contribution in [0.25, 0.3) is 11.2 Å². The van der Waals surface area contributed by atoms with Crippen LogP contribution in [0.3, 0.4) is 0 Å². The lowest BCUT2D eigenvalue weighted by Crippen LogP contribution is -2.29. The van der Waals surface area contributed by atoms with Crippen molar-refractivity contribution in [2.75, 3.05) is 5.32 Å². The van der Waals surface area contributed by atoms with Crippen molar-refractivity contribution >= 4 is 28.6 Å². The Morgan fingerprint density at radius 1 is 1.05 bits per heavy atom. The molecule has 1 fully saturated rings. The van der Waals surface area contributed by atoms with Crippen molar-refractivity contribution in [2.45, 2.75) is 43.5 Å². The molecule has 0 saturated heterocycles. The number of alkyl halides is 1. The number of fused-ring (bicyclic) bond motifs is 1. The summed E-state index contributed by atoms with van der Waals surface area (Å²) in [7, 11) is 0. The van der Waals surface area contributed by atoms with Gasteiger partial charge in [0.2, 0.25) is 0 Å². The quantitative estimate of drug-likeness (QED) is 0.675. The van der Waals surface area contributed by atoms with Crippen molar-refractivity contribution < 1.29 is 0 Å². The molecule has 2 atom stereocenters. The van der Waals surface area contributed by atoms with Gasteiger partial charge < -0.3 is 5.32 Å². The van der Waals surface area contributed by atoms with E-state index in [1.807, 2.05) is 12.1 Å². The van der Waals surface area contributed by atoms with E-state index in [0.29, 0.717) is 11.7 Å². The fourth-order valence-electron chi connectivity index (χ4n) is 2.55. The molecule has 5 heteroatoms.